The van der Waals surface area contributed by atoms with Gasteiger partial charge in [-0.2, -0.15) is 0 Å². The van der Waals surface area contributed by atoms with Crippen LogP contribution in [0.25, 0.3) is 0 Å². The summed E-state index contributed by atoms with van der Waals surface area (Å²) in [4.78, 5) is 3.99. The van der Waals surface area contributed by atoms with Gasteiger partial charge in [-0.15, -0.1) is 0 Å². The van der Waals surface area contributed by atoms with Gasteiger partial charge in [-0.1, -0.05) is 17.7 Å². The summed E-state index contributed by atoms with van der Waals surface area (Å²) < 4.78 is 0. The van der Waals surface area contributed by atoms with Gasteiger partial charge < -0.3 is 5.11 Å². The Morgan fingerprint density at radius 1 is 1.58 bits per heavy atom. The number of halogens is 1. The average molecular weight is 184 g/mol. The first-order chi connectivity index (χ1) is 5.81. The summed E-state index contributed by atoms with van der Waals surface area (Å²) in [6.45, 7) is 0.285. The van der Waals surface area contributed by atoms with E-state index in [1.807, 2.05) is 6.07 Å². The van der Waals surface area contributed by atoms with Gasteiger partial charge in [0.25, 0.3) is 0 Å². The highest BCUT2D eigenvalue weighted by molar-refractivity contribution is 6.29. The SMILES string of the molecule is OCC1CC1c1ccc(Cl)nc1. The van der Waals surface area contributed by atoms with Crippen molar-refractivity contribution in [2.45, 2.75) is 12.3 Å². The quantitative estimate of drug-likeness (QED) is 0.710. The fraction of sp³-hybridized carbons (Fsp3) is 0.444. The molecule has 1 aliphatic carbocycles. The fourth-order valence-corrected chi connectivity index (χ4v) is 1.58. The molecule has 2 rings (SSSR count). The van der Waals surface area contributed by atoms with E-state index < -0.39 is 0 Å². The minimum Gasteiger partial charge on any atom is -0.396 e. The van der Waals surface area contributed by atoms with E-state index >= 15 is 0 Å². The highest BCUT2D eigenvalue weighted by Gasteiger charge is 2.37. The van der Waals surface area contributed by atoms with Crippen LogP contribution >= 0.6 is 11.6 Å². The zero-order chi connectivity index (χ0) is 8.55. The molecule has 1 aliphatic rings. The van der Waals surface area contributed by atoms with Gasteiger partial charge in [0.05, 0.1) is 0 Å². The molecule has 3 heteroatoms. The maximum Gasteiger partial charge on any atom is 0.129 e. The standard InChI is InChI=1S/C9H10ClNO/c10-9-2-1-6(4-11-9)8-3-7(8)5-12/h1-2,4,7-8,12H,3,5H2. The Kier molecular flexibility index (Phi) is 2.03. The highest BCUT2D eigenvalue weighted by atomic mass is 35.5. The van der Waals surface area contributed by atoms with Crippen LogP contribution < -0.4 is 0 Å². The predicted octanol–water partition coefficient (Wildman–Crippen LogP) is 1.83. The van der Waals surface area contributed by atoms with Crippen molar-refractivity contribution in [3.05, 3.63) is 29.0 Å². The molecule has 64 valence electrons. The van der Waals surface area contributed by atoms with Crippen LogP contribution in [0.1, 0.15) is 17.9 Å². The normalized spacial score (nSPS) is 27.2. The lowest BCUT2D eigenvalue weighted by Crippen LogP contribution is -1.89. The van der Waals surface area contributed by atoms with Gasteiger partial charge in [0.2, 0.25) is 0 Å². The van der Waals surface area contributed by atoms with Crippen molar-refractivity contribution in [1.82, 2.24) is 4.98 Å². The maximum absolute atomic E-state index is 8.85. The molecule has 1 aromatic rings. The summed E-state index contributed by atoms with van der Waals surface area (Å²) in [7, 11) is 0. The summed E-state index contributed by atoms with van der Waals surface area (Å²) in [5.41, 5.74) is 1.19. The molecule has 2 unspecified atom stereocenters. The van der Waals surface area contributed by atoms with Crippen LogP contribution in [0.15, 0.2) is 18.3 Å². The number of hydrogen-bond acceptors (Lipinski definition) is 2. The number of aromatic nitrogens is 1. The van der Waals surface area contributed by atoms with Crippen LogP contribution in [0.4, 0.5) is 0 Å². The molecule has 0 radical (unpaired) electrons. The van der Waals surface area contributed by atoms with Crippen molar-refractivity contribution < 1.29 is 5.11 Å². The second kappa shape index (κ2) is 3.04. The van der Waals surface area contributed by atoms with Crippen LogP contribution in [0.5, 0.6) is 0 Å². The lowest BCUT2D eigenvalue weighted by Gasteiger charge is -1.97. The summed E-state index contributed by atoms with van der Waals surface area (Å²) in [5.74, 6) is 0.966. The van der Waals surface area contributed by atoms with E-state index in [0.29, 0.717) is 17.0 Å². The minimum atomic E-state index is 0.285. The first-order valence-electron chi connectivity index (χ1n) is 4.03. The molecule has 0 spiro atoms. The molecule has 0 aromatic carbocycles. The van der Waals surface area contributed by atoms with Crippen molar-refractivity contribution in [3.8, 4) is 0 Å². The summed E-state index contributed by atoms with van der Waals surface area (Å²) in [6, 6.07) is 3.78. The number of aliphatic hydroxyl groups is 1. The molecule has 2 nitrogen and oxygen atoms in total. The monoisotopic (exact) mass is 183 g/mol. The Morgan fingerprint density at radius 3 is 2.92 bits per heavy atom. The van der Waals surface area contributed by atoms with Crippen LogP contribution in [0.3, 0.4) is 0 Å². The zero-order valence-corrected chi connectivity index (χ0v) is 7.33. The number of aliphatic hydroxyl groups excluding tert-OH is 1. The Hall–Kier alpha value is -0.600. The second-order valence-corrected chi connectivity index (χ2v) is 3.59. The summed E-state index contributed by atoms with van der Waals surface area (Å²) >= 11 is 5.65. The molecule has 1 heterocycles. The number of pyridine rings is 1. The molecule has 1 aromatic heterocycles. The molecule has 1 fully saturated rings. The van der Waals surface area contributed by atoms with Gasteiger partial charge in [-0.3, -0.25) is 0 Å². The van der Waals surface area contributed by atoms with Gasteiger partial charge in [-0.25, -0.2) is 4.98 Å². The molecule has 0 aliphatic heterocycles. The maximum atomic E-state index is 8.85. The Labute approximate surface area is 76.2 Å². The molecule has 1 saturated carbocycles. The molecule has 0 saturated heterocycles. The van der Waals surface area contributed by atoms with Gasteiger partial charge in [0, 0.05) is 12.8 Å². The Morgan fingerprint density at radius 2 is 2.42 bits per heavy atom. The van der Waals surface area contributed by atoms with E-state index in [-0.39, 0.29) is 6.61 Å². The van der Waals surface area contributed by atoms with E-state index in [0.717, 1.165) is 6.42 Å². The molecule has 0 bridgehead atoms. The van der Waals surface area contributed by atoms with Gasteiger partial charge in [0.15, 0.2) is 0 Å². The van der Waals surface area contributed by atoms with E-state index in [4.69, 9.17) is 16.7 Å². The van der Waals surface area contributed by atoms with Crippen LogP contribution in [-0.2, 0) is 0 Å². The van der Waals surface area contributed by atoms with Gasteiger partial charge >= 0.3 is 0 Å². The molecule has 1 N–H and O–H groups in total. The third-order valence-electron chi connectivity index (χ3n) is 2.34. The first kappa shape index (κ1) is 8.02. The third-order valence-corrected chi connectivity index (χ3v) is 2.56. The van der Waals surface area contributed by atoms with Crippen molar-refractivity contribution >= 4 is 11.6 Å². The van der Waals surface area contributed by atoms with E-state index in [9.17, 15) is 0 Å². The van der Waals surface area contributed by atoms with Gasteiger partial charge in [0.1, 0.15) is 5.15 Å². The number of nitrogens with zero attached hydrogens (tertiary/aromatic N) is 1. The molecular weight excluding hydrogens is 174 g/mol. The van der Waals surface area contributed by atoms with Gasteiger partial charge in [-0.05, 0) is 29.9 Å². The van der Waals surface area contributed by atoms with Crippen molar-refractivity contribution in [2.24, 2.45) is 5.92 Å². The topological polar surface area (TPSA) is 33.1 Å². The first-order valence-corrected chi connectivity index (χ1v) is 4.41. The highest BCUT2D eigenvalue weighted by Crippen LogP contribution is 2.46. The lowest BCUT2D eigenvalue weighted by atomic mass is 10.1. The largest absolute Gasteiger partial charge is 0.396 e. The second-order valence-electron chi connectivity index (χ2n) is 3.20. The van der Waals surface area contributed by atoms with Crippen molar-refractivity contribution in [1.29, 1.82) is 0 Å². The van der Waals surface area contributed by atoms with Crippen LogP contribution in [0.2, 0.25) is 5.15 Å². The van der Waals surface area contributed by atoms with Crippen molar-refractivity contribution in [2.75, 3.05) is 6.61 Å². The zero-order valence-electron chi connectivity index (χ0n) is 6.57. The van der Waals surface area contributed by atoms with E-state index in [1.165, 1.54) is 5.56 Å². The Bertz CT molecular complexity index is 272. The summed E-state index contributed by atoms with van der Waals surface area (Å²) in [5, 5.41) is 9.37. The molecule has 0 amide bonds. The summed E-state index contributed by atoms with van der Waals surface area (Å²) in [6.07, 6.45) is 2.88. The number of rotatable bonds is 2. The predicted molar refractivity (Wildman–Crippen MR) is 47.2 cm³/mol. The van der Waals surface area contributed by atoms with E-state index in [1.54, 1.807) is 12.3 Å². The molecule has 12 heavy (non-hydrogen) atoms. The fourth-order valence-electron chi connectivity index (χ4n) is 1.46. The van der Waals surface area contributed by atoms with Crippen LogP contribution in [0, 0.1) is 5.92 Å². The Balaban J connectivity index is 2.10. The molecular formula is C9H10ClNO. The van der Waals surface area contributed by atoms with Crippen molar-refractivity contribution in [3.63, 3.8) is 0 Å². The molecule has 2 atom stereocenters. The third kappa shape index (κ3) is 1.45. The van der Waals surface area contributed by atoms with Crippen LogP contribution in [-0.4, -0.2) is 16.7 Å². The van der Waals surface area contributed by atoms with E-state index in [2.05, 4.69) is 4.98 Å². The number of hydrogen-bond donors (Lipinski definition) is 1. The average Bonchev–Trinajstić information content (AvgIpc) is 2.85. The minimum absolute atomic E-state index is 0.285. The smallest absolute Gasteiger partial charge is 0.129 e. The lowest BCUT2D eigenvalue weighted by molar-refractivity contribution is 0.274.